The smallest absolute Gasteiger partial charge is 0.417 e. The summed E-state index contributed by atoms with van der Waals surface area (Å²) < 4.78 is 43.1. The van der Waals surface area contributed by atoms with Crippen molar-refractivity contribution < 1.29 is 27.8 Å². The van der Waals surface area contributed by atoms with Crippen LogP contribution in [0, 0.1) is 0 Å². The zero-order chi connectivity index (χ0) is 15.4. The van der Waals surface area contributed by atoms with Gasteiger partial charge in [0.2, 0.25) is 5.54 Å². The Balaban J connectivity index is 2.50. The molecule has 0 aliphatic carbocycles. The minimum Gasteiger partial charge on any atom is -0.492 e. The van der Waals surface area contributed by atoms with Crippen molar-refractivity contribution in [1.82, 2.24) is 5.32 Å². The molecule has 1 atom stereocenters. The van der Waals surface area contributed by atoms with Crippen LogP contribution in [0.5, 0.6) is 5.75 Å². The van der Waals surface area contributed by atoms with Crippen LogP contribution in [0.25, 0.3) is 0 Å². The van der Waals surface area contributed by atoms with E-state index in [1.54, 1.807) is 24.3 Å². The molecule has 1 aromatic carbocycles. The molecule has 4 nitrogen and oxygen atoms in total. The van der Waals surface area contributed by atoms with Gasteiger partial charge in [0.1, 0.15) is 12.4 Å². The van der Waals surface area contributed by atoms with Gasteiger partial charge in [0.15, 0.2) is 0 Å². The second-order valence-corrected chi connectivity index (χ2v) is 4.59. The maximum atomic E-state index is 12.7. The molecule has 0 saturated heterocycles. The molecule has 8 heteroatoms. The molecule has 1 rings (SSSR count). The van der Waals surface area contributed by atoms with Crippen molar-refractivity contribution in [3.05, 3.63) is 29.3 Å². The lowest BCUT2D eigenvalue weighted by molar-refractivity contribution is -0.206. The summed E-state index contributed by atoms with van der Waals surface area (Å²) in [6.45, 7) is 0.184. The van der Waals surface area contributed by atoms with Crippen molar-refractivity contribution >= 4 is 17.6 Å². The number of rotatable bonds is 6. The molecule has 1 aromatic rings. The second kappa shape index (κ2) is 6.32. The number of carbonyl (C=O) groups is 1. The number of nitrogens with one attached hydrogen (secondary N) is 1. The molecule has 0 bridgehead atoms. The van der Waals surface area contributed by atoms with Gasteiger partial charge in [-0.15, -0.1) is 0 Å². The first kappa shape index (κ1) is 16.6. The average molecular weight is 312 g/mol. The predicted octanol–water partition coefficient (Wildman–Crippen LogP) is 2.71. The highest BCUT2D eigenvalue weighted by Gasteiger charge is 2.57. The summed E-state index contributed by atoms with van der Waals surface area (Å²) >= 11 is 5.66. The molecule has 0 aromatic heterocycles. The average Bonchev–Trinajstić information content (AvgIpc) is 2.34. The number of ether oxygens (including phenoxy) is 1. The number of halogens is 4. The molecular formula is C12H13ClF3NO3. The van der Waals surface area contributed by atoms with Gasteiger partial charge in [-0.25, -0.2) is 4.79 Å². The van der Waals surface area contributed by atoms with E-state index in [4.69, 9.17) is 21.4 Å². The van der Waals surface area contributed by atoms with E-state index < -0.39 is 17.7 Å². The van der Waals surface area contributed by atoms with E-state index in [9.17, 15) is 18.0 Å². The number of alkyl halides is 3. The van der Waals surface area contributed by atoms with Gasteiger partial charge in [-0.2, -0.15) is 13.2 Å². The quantitative estimate of drug-likeness (QED) is 0.793. The molecule has 0 amide bonds. The van der Waals surface area contributed by atoms with Gasteiger partial charge in [-0.1, -0.05) is 11.6 Å². The summed E-state index contributed by atoms with van der Waals surface area (Å²) in [5.41, 5.74) is -3.00. The Morgan fingerprint density at radius 3 is 2.35 bits per heavy atom. The number of hydrogen-bond donors (Lipinski definition) is 2. The Kier molecular flexibility index (Phi) is 5.24. The van der Waals surface area contributed by atoms with Gasteiger partial charge in [-0.3, -0.25) is 5.32 Å². The van der Waals surface area contributed by atoms with Gasteiger partial charge in [0.25, 0.3) is 0 Å². The van der Waals surface area contributed by atoms with Crippen LogP contribution < -0.4 is 10.1 Å². The van der Waals surface area contributed by atoms with Gasteiger partial charge < -0.3 is 9.84 Å². The molecule has 0 fully saturated rings. The van der Waals surface area contributed by atoms with Crippen LogP contribution in [0.1, 0.15) is 6.92 Å². The topological polar surface area (TPSA) is 58.6 Å². The first-order chi connectivity index (χ1) is 9.17. The Hall–Kier alpha value is -1.47. The zero-order valence-electron chi connectivity index (χ0n) is 10.5. The van der Waals surface area contributed by atoms with Crippen LogP contribution in [0.3, 0.4) is 0 Å². The number of carboxylic acids is 1. The Labute approximate surface area is 118 Å². The van der Waals surface area contributed by atoms with Crippen molar-refractivity contribution in [2.75, 3.05) is 13.2 Å². The van der Waals surface area contributed by atoms with Crippen LogP contribution in [-0.2, 0) is 4.79 Å². The maximum absolute atomic E-state index is 12.7. The standard InChI is InChI=1S/C12H13ClF3NO3/c1-11(10(18)19,12(14,15)16)17-6-7-20-9-4-2-8(13)3-5-9/h2-5,17H,6-7H2,1H3,(H,18,19). The summed E-state index contributed by atoms with van der Waals surface area (Å²) in [5, 5.41) is 11.1. The lowest BCUT2D eigenvalue weighted by Crippen LogP contribution is -2.60. The second-order valence-electron chi connectivity index (χ2n) is 4.16. The summed E-state index contributed by atoms with van der Waals surface area (Å²) in [5.74, 6) is -1.56. The zero-order valence-corrected chi connectivity index (χ0v) is 11.3. The van der Waals surface area contributed by atoms with Crippen molar-refractivity contribution in [3.8, 4) is 5.75 Å². The molecule has 1 unspecified atom stereocenters. The molecule has 0 radical (unpaired) electrons. The molecule has 0 aliphatic heterocycles. The van der Waals surface area contributed by atoms with Crippen LogP contribution in [0.4, 0.5) is 13.2 Å². The lowest BCUT2D eigenvalue weighted by Gasteiger charge is -2.28. The first-order valence-electron chi connectivity index (χ1n) is 5.60. The van der Waals surface area contributed by atoms with E-state index in [-0.39, 0.29) is 13.2 Å². The van der Waals surface area contributed by atoms with Crippen LogP contribution >= 0.6 is 11.6 Å². The normalized spacial score (nSPS) is 14.7. The molecule has 0 saturated carbocycles. The van der Waals surface area contributed by atoms with Crippen molar-refractivity contribution in [1.29, 1.82) is 0 Å². The predicted molar refractivity (Wildman–Crippen MR) is 67.0 cm³/mol. The first-order valence-corrected chi connectivity index (χ1v) is 5.98. The lowest BCUT2D eigenvalue weighted by atomic mass is 10.0. The SMILES string of the molecule is CC(NCCOc1ccc(Cl)cc1)(C(=O)O)C(F)(F)F. The highest BCUT2D eigenvalue weighted by molar-refractivity contribution is 6.30. The van der Waals surface area contributed by atoms with Crippen molar-refractivity contribution in [2.45, 2.75) is 18.6 Å². The van der Waals surface area contributed by atoms with Crippen LogP contribution in [-0.4, -0.2) is 35.9 Å². The van der Waals surface area contributed by atoms with E-state index in [0.29, 0.717) is 17.7 Å². The number of carboxylic acid groups (broad SMARTS) is 1. The largest absolute Gasteiger partial charge is 0.492 e. The van der Waals surface area contributed by atoms with Gasteiger partial charge in [0.05, 0.1) is 0 Å². The fourth-order valence-corrected chi connectivity index (χ4v) is 1.42. The fourth-order valence-electron chi connectivity index (χ4n) is 1.30. The number of benzene rings is 1. The van der Waals surface area contributed by atoms with E-state index in [0.717, 1.165) is 0 Å². The molecule has 0 heterocycles. The van der Waals surface area contributed by atoms with Crippen molar-refractivity contribution in [3.63, 3.8) is 0 Å². The number of aliphatic carboxylic acids is 1. The Bertz CT molecular complexity index is 464. The molecule has 0 spiro atoms. The summed E-state index contributed by atoms with van der Waals surface area (Å²) in [6.07, 6.45) is -4.90. The highest BCUT2D eigenvalue weighted by atomic mass is 35.5. The third-order valence-corrected chi connectivity index (χ3v) is 2.91. The van der Waals surface area contributed by atoms with E-state index in [1.165, 1.54) is 0 Å². The molecular weight excluding hydrogens is 299 g/mol. The highest BCUT2D eigenvalue weighted by Crippen LogP contribution is 2.30. The Morgan fingerprint density at radius 2 is 1.90 bits per heavy atom. The minimum absolute atomic E-state index is 0.111. The number of hydrogen-bond acceptors (Lipinski definition) is 3. The van der Waals surface area contributed by atoms with Crippen LogP contribution in [0.2, 0.25) is 5.02 Å². The van der Waals surface area contributed by atoms with Gasteiger partial charge in [-0.05, 0) is 31.2 Å². The molecule has 0 aliphatic rings. The minimum atomic E-state index is -4.90. The van der Waals surface area contributed by atoms with E-state index in [2.05, 4.69) is 0 Å². The monoisotopic (exact) mass is 311 g/mol. The molecule has 2 N–H and O–H groups in total. The summed E-state index contributed by atoms with van der Waals surface area (Å²) in [6, 6.07) is 6.26. The third-order valence-electron chi connectivity index (χ3n) is 2.66. The van der Waals surface area contributed by atoms with Crippen molar-refractivity contribution in [2.24, 2.45) is 0 Å². The molecule has 112 valence electrons. The van der Waals surface area contributed by atoms with Gasteiger partial charge in [0, 0.05) is 11.6 Å². The summed E-state index contributed by atoms with van der Waals surface area (Å²) in [7, 11) is 0. The third kappa shape index (κ3) is 4.01. The fraction of sp³-hybridized carbons (Fsp3) is 0.417. The van der Waals surface area contributed by atoms with E-state index >= 15 is 0 Å². The van der Waals surface area contributed by atoms with Gasteiger partial charge >= 0.3 is 12.1 Å². The van der Waals surface area contributed by atoms with E-state index in [1.807, 2.05) is 5.32 Å². The maximum Gasteiger partial charge on any atom is 0.417 e. The summed E-state index contributed by atoms with van der Waals surface area (Å²) in [4.78, 5) is 10.7. The molecule has 20 heavy (non-hydrogen) atoms. The Morgan fingerprint density at radius 1 is 1.35 bits per heavy atom. The van der Waals surface area contributed by atoms with Crippen LogP contribution in [0.15, 0.2) is 24.3 Å².